The zero-order chi connectivity index (χ0) is 10.6. The van der Waals surface area contributed by atoms with Crippen LogP contribution in [0.1, 0.15) is 18.9 Å². The summed E-state index contributed by atoms with van der Waals surface area (Å²) in [5.41, 5.74) is 1.17. The minimum absolute atomic E-state index is 0.256. The molecule has 1 N–H and O–H groups in total. The van der Waals surface area contributed by atoms with Crippen LogP contribution in [0.2, 0.25) is 0 Å². The second-order valence-corrected chi connectivity index (χ2v) is 4.20. The van der Waals surface area contributed by atoms with E-state index in [2.05, 4.69) is 15.9 Å². The standard InChI is InChI=1S/C11H15BrO2/c1-8(13)3-4-9-7-10(14-2)5-6-11(9)12/h5-8,13H,3-4H2,1-2H3/t8-/m0/s1. The lowest BCUT2D eigenvalue weighted by atomic mass is 10.1. The maximum absolute atomic E-state index is 9.18. The summed E-state index contributed by atoms with van der Waals surface area (Å²) in [6.07, 6.45) is 1.37. The highest BCUT2D eigenvalue weighted by molar-refractivity contribution is 9.10. The second-order valence-electron chi connectivity index (χ2n) is 3.35. The van der Waals surface area contributed by atoms with Crippen LogP contribution in [0.3, 0.4) is 0 Å². The van der Waals surface area contributed by atoms with Gasteiger partial charge in [0.2, 0.25) is 0 Å². The van der Waals surface area contributed by atoms with Crippen LogP contribution in [0.25, 0.3) is 0 Å². The lowest BCUT2D eigenvalue weighted by Gasteiger charge is -2.08. The van der Waals surface area contributed by atoms with Gasteiger partial charge < -0.3 is 9.84 Å². The van der Waals surface area contributed by atoms with Crippen molar-refractivity contribution >= 4 is 15.9 Å². The van der Waals surface area contributed by atoms with E-state index in [1.807, 2.05) is 18.2 Å². The van der Waals surface area contributed by atoms with Crippen LogP contribution < -0.4 is 4.74 Å². The summed E-state index contributed by atoms with van der Waals surface area (Å²) in [5, 5.41) is 9.18. The minimum atomic E-state index is -0.256. The molecule has 14 heavy (non-hydrogen) atoms. The Hall–Kier alpha value is -0.540. The molecule has 0 spiro atoms. The summed E-state index contributed by atoms with van der Waals surface area (Å²) < 4.78 is 6.20. The molecule has 0 bridgehead atoms. The first-order chi connectivity index (χ1) is 6.63. The fourth-order valence-corrected chi connectivity index (χ4v) is 1.68. The first-order valence-corrected chi connectivity index (χ1v) is 5.43. The molecule has 0 saturated heterocycles. The van der Waals surface area contributed by atoms with E-state index in [1.54, 1.807) is 14.0 Å². The van der Waals surface area contributed by atoms with Crippen molar-refractivity contribution in [3.8, 4) is 5.75 Å². The highest BCUT2D eigenvalue weighted by Gasteiger charge is 2.03. The minimum Gasteiger partial charge on any atom is -0.497 e. The summed E-state index contributed by atoms with van der Waals surface area (Å²) in [5.74, 6) is 0.855. The Balaban J connectivity index is 2.73. The average molecular weight is 259 g/mol. The molecule has 1 atom stereocenters. The molecule has 2 nitrogen and oxygen atoms in total. The van der Waals surface area contributed by atoms with Gasteiger partial charge in [0.05, 0.1) is 13.2 Å². The molecule has 0 saturated carbocycles. The molecule has 78 valence electrons. The predicted molar refractivity (Wildman–Crippen MR) is 60.7 cm³/mol. The molecule has 0 heterocycles. The number of hydrogen-bond donors (Lipinski definition) is 1. The van der Waals surface area contributed by atoms with Crippen LogP contribution in [-0.4, -0.2) is 18.3 Å². The first-order valence-electron chi connectivity index (χ1n) is 4.64. The van der Waals surface area contributed by atoms with E-state index in [0.717, 1.165) is 23.1 Å². The van der Waals surface area contributed by atoms with Gasteiger partial charge in [-0.15, -0.1) is 0 Å². The summed E-state index contributed by atoms with van der Waals surface area (Å²) >= 11 is 3.47. The van der Waals surface area contributed by atoms with Gasteiger partial charge in [0.25, 0.3) is 0 Å². The van der Waals surface area contributed by atoms with E-state index in [9.17, 15) is 5.11 Å². The molecule has 0 aromatic heterocycles. The van der Waals surface area contributed by atoms with Crippen molar-refractivity contribution in [2.24, 2.45) is 0 Å². The van der Waals surface area contributed by atoms with Gasteiger partial charge in [-0.05, 0) is 43.5 Å². The van der Waals surface area contributed by atoms with Crippen LogP contribution >= 0.6 is 15.9 Å². The van der Waals surface area contributed by atoms with E-state index in [4.69, 9.17) is 4.74 Å². The van der Waals surface area contributed by atoms with E-state index < -0.39 is 0 Å². The van der Waals surface area contributed by atoms with Crippen LogP contribution in [-0.2, 0) is 6.42 Å². The molecule has 1 rings (SSSR count). The Bertz CT molecular complexity index is 297. The van der Waals surface area contributed by atoms with Crippen molar-refractivity contribution in [1.82, 2.24) is 0 Å². The van der Waals surface area contributed by atoms with Gasteiger partial charge in [0, 0.05) is 4.47 Å². The number of benzene rings is 1. The summed E-state index contributed by atoms with van der Waals surface area (Å²) in [4.78, 5) is 0. The molecule has 0 aliphatic rings. The predicted octanol–water partition coefficient (Wildman–Crippen LogP) is 2.77. The lowest BCUT2D eigenvalue weighted by molar-refractivity contribution is 0.185. The fourth-order valence-electron chi connectivity index (χ4n) is 1.23. The molecule has 0 unspecified atom stereocenters. The zero-order valence-corrected chi connectivity index (χ0v) is 10.0. The molecule has 0 amide bonds. The van der Waals surface area contributed by atoms with E-state index in [-0.39, 0.29) is 6.10 Å². The van der Waals surface area contributed by atoms with Crippen molar-refractivity contribution in [2.45, 2.75) is 25.9 Å². The Morgan fingerprint density at radius 1 is 1.50 bits per heavy atom. The monoisotopic (exact) mass is 258 g/mol. The third-order valence-electron chi connectivity index (χ3n) is 2.08. The molecule has 1 aromatic carbocycles. The molecule has 3 heteroatoms. The van der Waals surface area contributed by atoms with Crippen LogP contribution in [0, 0.1) is 0 Å². The van der Waals surface area contributed by atoms with E-state index >= 15 is 0 Å². The molecule has 0 radical (unpaired) electrons. The third kappa shape index (κ3) is 3.31. The van der Waals surface area contributed by atoms with Crippen LogP contribution in [0.4, 0.5) is 0 Å². The number of rotatable bonds is 4. The number of aryl methyl sites for hydroxylation is 1. The number of aliphatic hydroxyl groups excluding tert-OH is 1. The van der Waals surface area contributed by atoms with Crippen LogP contribution in [0.15, 0.2) is 22.7 Å². The Morgan fingerprint density at radius 2 is 2.21 bits per heavy atom. The quantitative estimate of drug-likeness (QED) is 0.900. The molecule has 0 aliphatic heterocycles. The normalized spacial score (nSPS) is 12.6. The van der Waals surface area contributed by atoms with Gasteiger partial charge in [0.1, 0.15) is 5.75 Å². The topological polar surface area (TPSA) is 29.5 Å². The number of hydrogen-bond acceptors (Lipinski definition) is 2. The number of aliphatic hydroxyl groups is 1. The number of halogens is 1. The molecular weight excluding hydrogens is 244 g/mol. The Labute approximate surface area is 93.0 Å². The van der Waals surface area contributed by atoms with Crippen molar-refractivity contribution in [3.63, 3.8) is 0 Å². The molecular formula is C11H15BrO2. The molecule has 0 fully saturated rings. The van der Waals surface area contributed by atoms with Gasteiger partial charge in [-0.1, -0.05) is 15.9 Å². The smallest absolute Gasteiger partial charge is 0.119 e. The highest BCUT2D eigenvalue weighted by Crippen LogP contribution is 2.23. The first kappa shape index (κ1) is 11.5. The van der Waals surface area contributed by atoms with Gasteiger partial charge in [-0.2, -0.15) is 0 Å². The highest BCUT2D eigenvalue weighted by atomic mass is 79.9. The Morgan fingerprint density at radius 3 is 2.79 bits per heavy atom. The van der Waals surface area contributed by atoms with Crippen molar-refractivity contribution in [2.75, 3.05) is 7.11 Å². The SMILES string of the molecule is COc1ccc(Br)c(CC[C@H](C)O)c1. The van der Waals surface area contributed by atoms with Crippen LogP contribution in [0.5, 0.6) is 5.75 Å². The van der Waals surface area contributed by atoms with Gasteiger partial charge in [-0.25, -0.2) is 0 Å². The average Bonchev–Trinajstić information content (AvgIpc) is 2.16. The number of methoxy groups -OCH3 is 1. The fraction of sp³-hybridized carbons (Fsp3) is 0.455. The van der Waals surface area contributed by atoms with Crippen molar-refractivity contribution in [3.05, 3.63) is 28.2 Å². The second kappa shape index (κ2) is 5.37. The summed E-state index contributed by atoms with van der Waals surface area (Å²) in [7, 11) is 1.65. The van der Waals surface area contributed by atoms with Crippen molar-refractivity contribution < 1.29 is 9.84 Å². The van der Waals surface area contributed by atoms with Gasteiger partial charge in [-0.3, -0.25) is 0 Å². The summed E-state index contributed by atoms with van der Waals surface area (Å²) in [6.45, 7) is 1.80. The maximum atomic E-state index is 9.18. The Kier molecular flexibility index (Phi) is 4.42. The van der Waals surface area contributed by atoms with E-state index in [1.165, 1.54) is 5.56 Å². The summed E-state index contributed by atoms with van der Waals surface area (Å²) in [6, 6.07) is 5.87. The lowest BCUT2D eigenvalue weighted by Crippen LogP contribution is -2.01. The third-order valence-corrected chi connectivity index (χ3v) is 2.86. The number of ether oxygens (including phenoxy) is 1. The molecule has 1 aromatic rings. The van der Waals surface area contributed by atoms with Crippen molar-refractivity contribution in [1.29, 1.82) is 0 Å². The molecule has 0 aliphatic carbocycles. The zero-order valence-electron chi connectivity index (χ0n) is 8.46. The van der Waals surface area contributed by atoms with E-state index in [0.29, 0.717) is 0 Å². The van der Waals surface area contributed by atoms with Gasteiger partial charge in [0.15, 0.2) is 0 Å². The maximum Gasteiger partial charge on any atom is 0.119 e. The van der Waals surface area contributed by atoms with Gasteiger partial charge >= 0.3 is 0 Å². The largest absolute Gasteiger partial charge is 0.497 e.